The first-order valence-electron chi connectivity index (χ1n) is 8.99. The molecule has 2 aliphatic rings. The highest BCUT2D eigenvalue weighted by atomic mass is 19.1. The third-order valence-electron chi connectivity index (χ3n) is 4.64. The quantitative estimate of drug-likeness (QED) is 0.819. The van der Waals surface area contributed by atoms with E-state index >= 15 is 0 Å². The van der Waals surface area contributed by atoms with Crippen molar-refractivity contribution in [3.63, 3.8) is 0 Å². The van der Waals surface area contributed by atoms with E-state index in [9.17, 15) is 18.4 Å². The number of rotatable bonds is 5. The topological polar surface area (TPSA) is 85.6 Å². The van der Waals surface area contributed by atoms with Crippen molar-refractivity contribution in [3.05, 3.63) is 87.5 Å². The van der Waals surface area contributed by atoms with Crippen LogP contribution in [-0.2, 0) is 11.3 Å². The zero-order valence-corrected chi connectivity index (χ0v) is 15.8. The van der Waals surface area contributed by atoms with E-state index in [1.54, 1.807) is 24.3 Å². The molecule has 30 heavy (non-hydrogen) atoms. The van der Waals surface area contributed by atoms with E-state index in [1.807, 2.05) is 0 Å². The Kier molecular flexibility index (Phi) is 5.09. The van der Waals surface area contributed by atoms with Gasteiger partial charge in [-0.1, -0.05) is 12.2 Å². The highest BCUT2D eigenvalue weighted by molar-refractivity contribution is 5.98. The summed E-state index contributed by atoms with van der Waals surface area (Å²) < 4.78 is 33.8. The Hall–Kier alpha value is -3.88. The fraction of sp³-hybridized carbons (Fsp3) is 0.143. The monoisotopic (exact) mass is 410 g/mol. The number of halogens is 2. The Morgan fingerprint density at radius 3 is 2.67 bits per heavy atom. The lowest BCUT2D eigenvalue weighted by molar-refractivity contribution is -0.119. The number of carbonyl (C=O) groups excluding carboxylic acids is 1. The Bertz CT molecular complexity index is 1190. The summed E-state index contributed by atoms with van der Waals surface area (Å²) in [6.45, 7) is 0.0205. The summed E-state index contributed by atoms with van der Waals surface area (Å²) in [4.78, 5) is 32.0. The van der Waals surface area contributed by atoms with Crippen molar-refractivity contribution in [3.8, 4) is 5.75 Å². The maximum absolute atomic E-state index is 13.6. The predicted octanol–water partition coefficient (Wildman–Crippen LogP) is 2.60. The van der Waals surface area contributed by atoms with Crippen LogP contribution in [0.15, 0.2) is 69.8 Å². The van der Waals surface area contributed by atoms with E-state index < -0.39 is 23.1 Å². The van der Waals surface area contributed by atoms with Crippen LogP contribution in [0.4, 0.5) is 14.7 Å². The number of fused-ring (bicyclic) bond motifs is 1. The molecule has 1 aromatic carbocycles. The summed E-state index contributed by atoms with van der Waals surface area (Å²) in [7, 11) is 1.33. The second-order valence-corrected chi connectivity index (χ2v) is 6.65. The molecule has 2 aromatic rings. The van der Waals surface area contributed by atoms with Crippen LogP contribution in [0.3, 0.4) is 0 Å². The first-order valence-corrected chi connectivity index (χ1v) is 8.99. The smallest absolute Gasteiger partial charge is 0.316 e. The van der Waals surface area contributed by atoms with Gasteiger partial charge >= 0.3 is 5.56 Å². The molecule has 2 heterocycles. The predicted molar refractivity (Wildman–Crippen MR) is 106 cm³/mol. The highest BCUT2D eigenvalue weighted by Gasteiger charge is 2.27. The highest BCUT2D eigenvalue weighted by Crippen LogP contribution is 2.29. The van der Waals surface area contributed by atoms with Crippen LogP contribution < -0.4 is 15.6 Å². The molecular formula is C21H16F2N4O3. The van der Waals surface area contributed by atoms with E-state index in [0.29, 0.717) is 16.8 Å². The minimum atomic E-state index is -0.714. The van der Waals surface area contributed by atoms with Gasteiger partial charge in [0.15, 0.2) is 0 Å². The molecule has 1 aromatic heterocycles. The van der Waals surface area contributed by atoms with Crippen LogP contribution in [0.2, 0.25) is 0 Å². The molecule has 1 N–H and O–H groups in total. The Balaban J connectivity index is 1.73. The van der Waals surface area contributed by atoms with Gasteiger partial charge in [0, 0.05) is 18.0 Å². The van der Waals surface area contributed by atoms with Crippen molar-refractivity contribution in [1.29, 1.82) is 0 Å². The minimum absolute atomic E-state index is 0.0205. The van der Waals surface area contributed by atoms with E-state index in [2.05, 4.69) is 15.3 Å². The number of hydrogen-bond acceptors (Lipinski definition) is 5. The number of ether oxygens (including phenoxy) is 1. The van der Waals surface area contributed by atoms with Gasteiger partial charge in [0.25, 0.3) is 5.91 Å². The summed E-state index contributed by atoms with van der Waals surface area (Å²) in [6, 6.07) is 3.16. The third-order valence-corrected chi connectivity index (χ3v) is 4.64. The summed E-state index contributed by atoms with van der Waals surface area (Å²) >= 11 is 0. The van der Waals surface area contributed by atoms with Gasteiger partial charge in [-0.2, -0.15) is 4.98 Å². The molecule has 1 atom stereocenters. The number of nitrogens with one attached hydrogen (secondary N) is 1. The number of carbonyl (C=O) groups is 1. The number of amides is 1. The van der Waals surface area contributed by atoms with Gasteiger partial charge in [0.1, 0.15) is 11.6 Å². The molecule has 7 nitrogen and oxygen atoms in total. The first kappa shape index (κ1) is 19.4. The number of allylic oxidation sites excluding steroid dienone is 4. The SMILES string of the molecule is COc1cn(Cc2cc(F)cc(F)c2)c(NC2=CC=CC3C(=O)N=CC=C23)nc1=O. The average Bonchev–Trinajstić information content (AvgIpc) is 2.70. The number of nitrogens with zero attached hydrogens (tertiary/aromatic N) is 3. The molecule has 1 aliphatic carbocycles. The van der Waals surface area contributed by atoms with Crippen molar-refractivity contribution in [2.75, 3.05) is 12.4 Å². The summed E-state index contributed by atoms with van der Waals surface area (Å²) in [5, 5.41) is 3.05. The molecule has 0 saturated heterocycles. The molecule has 9 heteroatoms. The number of methoxy groups -OCH3 is 1. The van der Waals surface area contributed by atoms with Crippen LogP contribution in [0, 0.1) is 17.6 Å². The molecule has 0 bridgehead atoms. The van der Waals surface area contributed by atoms with Crippen LogP contribution in [0.1, 0.15) is 5.56 Å². The van der Waals surface area contributed by atoms with Gasteiger partial charge in [-0.15, -0.1) is 0 Å². The second kappa shape index (κ2) is 7.86. The van der Waals surface area contributed by atoms with E-state index in [-0.39, 0.29) is 24.1 Å². The van der Waals surface area contributed by atoms with Crippen LogP contribution >= 0.6 is 0 Å². The lowest BCUT2D eigenvalue weighted by Crippen LogP contribution is -2.25. The lowest BCUT2D eigenvalue weighted by Gasteiger charge is -2.24. The summed E-state index contributed by atoms with van der Waals surface area (Å²) in [5.74, 6) is -2.15. The van der Waals surface area contributed by atoms with Gasteiger partial charge in [-0.05, 0) is 35.4 Å². The van der Waals surface area contributed by atoms with Crippen LogP contribution in [-0.4, -0.2) is 28.8 Å². The standard InChI is InChI=1S/C21H16F2N4O3/c1-30-18-11-27(10-12-7-13(22)9-14(23)8-12)21(26-20(18)29)25-17-4-2-3-16-15(17)5-6-24-19(16)28/h2-9,11,16H,10H2,1H3,(H,25,26,29). The first-order chi connectivity index (χ1) is 14.4. The molecule has 1 amide bonds. The lowest BCUT2D eigenvalue weighted by atomic mass is 9.89. The molecule has 1 aliphatic heterocycles. The Morgan fingerprint density at radius 2 is 1.93 bits per heavy atom. The molecule has 0 saturated carbocycles. The molecule has 0 radical (unpaired) electrons. The maximum atomic E-state index is 13.6. The fourth-order valence-corrected chi connectivity index (χ4v) is 3.28. The van der Waals surface area contributed by atoms with Crippen molar-refractivity contribution in [2.24, 2.45) is 10.9 Å². The van der Waals surface area contributed by atoms with Gasteiger partial charge < -0.3 is 14.6 Å². The molecule has 1 unspecified atom stereocenters. The number of aromatic nitrogens is 2. The minimum Gasteiger partial charge on any atom is -0.490 e. The Labute approximate surface area is 169 Å². The van der Waals surface area contributed by atoms with Crippen molar-refractivity contribution in [1.82, 2.24) is 9.55 Å². The van der Waals surface area contributed by atoms with Gasteiger partial charge in [0.2, 0.25) is 11.7 Å². The van der Waals surface area contributed by atoms with Crippen molar-refractivity contribution in [2.45, 2.75) is 6.54 Å². The molecule has 4 rings (SSSR count). The Morgan fingerprint density at radius 1 is 1.17 bits per heavy atom. The van der Waals surface area contributed by atoms with Gasteiger partial charge in [-0.3, -0.25) is 9.59 Å². The van der Waals surface area contributed by atoms with E-state index in [0.717, 1.165) is 6.07 Å². The second-order valence-electron chi connectivity index (χ2n) is 6.65. The number of dihydropyridines is 1. The zero-order chi connectivity index (χ0) is 21.3. The van der Waals surface area contributed by atoms with Gasteiger partial charge in [0.05, 0.1) is 25.8 Å². The maximum Gasteiger partial charge on any atom is 0.316 e. The summed E-state index contributed by atoms with van der Waals surface area (Å²) in [6.07, 6.45) is 9.67. The number of hydrogen-bond donors (Lipinski definition) is 1. The zero-order valence-electron chi connectivity index (χ0n) is 15.8. The normalized spacial score (nSPS) is 17.3. The average molecular weight is 410 g/mol. The molecule has 0 spiro atoms. The molecule has 0 fully saturated rings. The van der Waals surface area contributed by atoms with Crippen LogP contribution in [0.5, 0.6) is 5.75 Å². The summed E-state index contributed by atoms with van der Waals surface area (Å²) in [5.41, 5.74) is 0.947. The van der Waals surface area contributed by atoms with Crippen LogP contribution in [0.25, 0.3) is 0 Å². The third kappa shape index (κ3) is 3.82. The fourth-order valence-electron chi connectivity index (χ4n) is 3.28. The molecular weight excluding hydrogens is 394 g/mol. The number of anilines is 1. The number of benzene rings is 1. The van der Waals surface area contributed by atoms with Crippen molar-refractivity contribution >= 4 is 18.1 Å². The van der Waals surface area contributed by atoms with E-state index in [1.165, 1.54) is 36.2 Å². The number of aliphatic imine (C=N–C) groups is 1. The van der Waals surface area contributed by atoms with E-state index in [4.69, 9.17) is 4.74 Å². The molecule has 152 valence electrons. The van der Waals surface area contributed by atoms with Gasteiger partial charge in [-0.25, -0.2) is 13.8 Å². The largest absolute Gasteiger partial charge is 0.490 e. The van der Waals surface area contributed by atoms with Crippen molar-refractivity contribution < 1.29 is 18.3 Å².